The number of carbonyl (C=O) groups excluding carboxylic acids is 1. The molecule has 1 heteroatoms. The number of hydrogen-bond donors (Lipinski definition) is 0. The molecule has 0 aromatic carbocycles. The van der Waals surface area contributed by atoms with Crippen molar-refractivity contribution in [2.24, 2.45) is 11.3 Å². The van der Waals surface area contributed by atoms with Gasteiger partial charge in [0, 0.05) is 0 Å². The summed E-state index contributed by atoms with van der Waals surface area (Å²) in [5, 5.41) is 0. The van der Waals surface area contributed by atoms with E-state index in [0.29, 0.717) is 5.92 Å². The predicted molar refractivity (Wildman–Crippen MR) is 46.2 cm³/mol. The van der Waals surface area contributed by atoms with Crippen molar-refractivity contribution >= 4 is 5.78 Å². The third-order valence-electron chi connectivity index (χ3n) is 2.74. The lowest BCUT2D eigenvalue weighted by Crippen LogP contribution is -2.33. The second kappa shape index (κ2) is 2.65. The molecular weight excluding hydrogens is 136 g/mol. The molecule has 0 aliphatic heterocycles. The van der Waals surface area contributed by atoms with Gasteiger partial charge < -0.3 is 0 Å². The highest BCUT2D eigenvalue weighted by molar-refractivity contribution is 5.96. The highest BCUT2D eigenvalue weighted by Gasteiger charge is 2.35. The standard InChI is InChI=1S/C10H14O/c1-4-10(3)8(2)6-5-7-9(10)11/h4-5,7-8H,1,6H2,2-3H3/t8-,10+/m1/s1. The van der Waals surface area contributed by atoms with E-state index < -0.39 is 0 Å². The molecule has 1 aliphatic carbocycles. The van der Waals surface area contributed by atoms with E-state index in [0.717, 1.165) is 6.42 Å². The summed E-state index contributed by atoms with van der Waals surface area (Å²) in [6, 6.07) is 0. The van der Waals surface area contributed by atoms with Crippen LogP contribution >= 0.6 is 0 Å². The van der Waals surface area contributed by atoms with Gasteiger partial charge in [0.25, 0.3) is 0 Å². The molecule has 60 valence electrons. The Hall–Kier alpha value is -0.850. The number of hydrogen-bond acceptors (Lipinski definition) is 1. The molecule has 0 aromatic rings. The quantitative estimate of drug-likeness (QED) is 0.524. The van der Waals surface area contributed by atoms with Crippen LogP contribution in [0.3, 0.4) is 0 Å². The molecule has 11 heavy (non-hydrogen) atoms. The summed E-state index contributed by atoms with van der Waals surface area (Å²) >= 11 is 0. The van der Waals surface area contributed by atoms with Crippen LogP contribution in [0.2, 0.25) is 0 Å². The summed E-state index contributed by atoms with van der Waals surface area (Å²) in [7, 11) is 0. The molecule has 1 aliphatic rings. The maximum Gasteiger partial charge on any atom is 0.165 e. The fourth-order valence-electron chi connectivity index (χ4n) is 1.35. The number of carbonyl (C=O) groups is 1. The molecule has 0 bridgehead atoms. The van der Waals surface area contributed by atoms with Crippen LogP contribution < -0.4 is 0 Å². The first-order valence-electron chi connectivity index (χ1n) is 3.96. The molecule has 0 heterocycles. The van der Waals surface area contributed by atoms with Crippen LogP contribution in [-0.4, -0.2) is 5.78 Å². The molecule has 0 amide bonds. The molecule has 0 fully saturated rings. The van der Waals surface area contributed by atoms with Gasteiger partial charge in [0.05, 0.1) is 5.41 Å². The van der Waals surface area contributed by atoms with Crippen LogP contribution in [0.5, 0.6) is 0 Å². The van der Waals surface area contributed by atoms with Gasteiger partial charge in [-0.3, -0.25) is 4.79 Å². The van der Waals surface area contributed by atoms with Gasteiger partial charge in [-0.25, -0.2) is 0 Å². The lowest BCUT2D eigenvalue weighted by Gasteiger charge is -2.32. The average molecular weight is 150 g/mol. The average Bonchev–Trinajstić information content (AvgIpc) is 2.00. The fraction of sp³-hybridized carbons (Fsp3) is 0.500. The zero-order valence-corrected chi connectivity index (χ0v) is 7.13. The first-order chi connectivity index (χ1) is 5.11. The van der Waals surface area contributed by atoms with Gasteiger partial charge in [-0.2, -0.15) is 0 Å². The Morgan fingerprint density at radius 3 is 2.82 bits per heavy atom. The van der Waals surface area contributed by atoms with Crippen LogP contribution in [0.1, 0.15) is 20.3 Å². The van der Waals surface area contributed by atoms with Gasteiger partial charge >= 0.3 is 0 Å². The van der Waals surface area contributed by atoms with E-state index in [4.69, 9.17) is 0 Å². The zero-order chi connectivity index (χ0) is 8.48. The summed E-state index contributed by atoms with van der Waals surface area (Å²) in [6.45, 7) is 7.74. The van der Waals surface area contributed by atoms with E-state index in [2.05, 4.69) is 13.5 Å². The van der Waals surface area contributed by atoms with Crippen LogP contribution in [-0.2, 0) is 4.79 Å². The molecule has 1 nitrogen and oxygen atoms in total. The second-order valence-corrected chi connectivity index (χ2v) is 3.39. The van der Waals surface area contributed by atoms with Crippen LogP contribution in [0, 0.1) is 11.3 Å². The normalized spacial score (nSPS) is 37.3. The van der Waals surface area contributed by atoms with Crippen molar-refractivity contribution < 1.29 is 4.79 Å². The maximum absolute atomic E-state index is 11.4. The Labute approximate surface area is 67.8 Å². The van der Waals surface area contributed by atoms with Gasteiger partial charge in [-0.05, 0) is 25.3 Å². The van der Waals surface area contributed by atoms with E-state index in [9.17, 15) is 4.79 Å². The summed E-state index contributed by atoms with van der Waals surface area (Å²) in [4.78, 5) is 11.4. The zero-order valence-electron chi connectivity index (χ0n) is 7.13. The van der Waals surface area contributed by atoms with Crippen molar-refractivity contribution in [3.63, 3.8) is 0 Å². The van der Waals surface area contributed by atoms with Gasteiger partial charge in [0.1, 0.15) is 0 Å². The Bertz CT molecular complexity index is 215. The monoisotopic (exact) mass is 150 g/mol. The van der Waals surface area contributed by atoms with Gasteiger partial charge in [0.15, 0.2) is 5.78 Å². The topological polar surface area (TPSA) is 17.1 Å². The number of rotatable bonds is 1. The molecule has 0 spiro atoms. The van der Waals surface area contributed by atoms with Gasteiger partial charge in [0.2, 0.25) is 0 Å². The van der Waals surface area contributed by atoms with E-state index in [-0.39, 0.29) is 11.2 Å². The molecule has 0 saturated carbocycles. The largest absolute Gasteiger partial charge is 0.294 e. The number of allylic oxidation sites excluding steroid dienone is 3. The van der Waals surface area contributed by atoms with Crippen molar-refractivity contribution in [2.45, 2.75) is 20.3 Å². The Morgan fingerprint density at radius 2 is 2.45 bits per heavy atom. The van der Waals surface area contributed by atoms with Crippen molar-refractivity contribution in [1.82, 2.24) is 0 Å². The molecule has 0 unspecified atom stereocenters. The second-order valence-electron chi connectivity index (χ2n) is 3.39. The third kappa shape index (κ3) is 1.15. The summed E-state index contributed by atoms with van der Waals surface area (Å²) < 4.78 is 0. The van der Waals surface area contributed by atoms with Crippen molar-refractivity contribution in [3.8, 4) is 0 Å². The Kier molecular flexibility index (Phi) is 1.99. The van der Waals surface area contributed by atoms with Crippen molar-refractivity contribution in [3.05, 3.63) is 24.8 Å². The minimum atomic E-state index is -0.325. The summed E-state index contributed by atoms with van der Waals surface area (Å²) in [6.07, 6.45) is 6.36. The van der Waals surface area contributed by atoms with Gasteiger partial charge in [-0.1, -0.05) is 19.1 Å². The highest BCUT2D eigenvalue weighted by atomic mass is 16.1. The van der Waals surface area contributed by atoms with Gasteiger partial charge in [-0.15, -0.1) is 6.58 Å². The first kappa shape index (κ1) is 8.25. The molecule has 0 radical (unpaired) electrons. The molecule has 0 aromatic heterocycles. The van der Waals surface area contributed by atoms with E-state index in [1.54, 1.807) is 12.2 Å². The molecular formula is C10H14O. The maximum atomic E-state index is 11.4. The first-order valence-corrected chi connectivity index (χ1v) is 3.96. The minimum Gasteiger partial charge on any atom is -0.294 e. The van der Waals surface area contributed by atoms with Crippen molar-refractivity contribution in [1.29, 1.82) is 0 Å². The fourth-order valence-corrected chi connectivity index (χ4v) is 1.35. The van der Waals surface area contributed by atoms with Crippen LogP contribution in [0.15, 0.2) is 24.8 Å². The lowest BCUT2D eigenvalue weighted by atomic mass is 9.70. The Morgan fingerprint density at radius 1 is 1.82 bits per heavy atom. The third-order valence-corrected chi connectivity index (χ3v) is 2.74. The molecule has 0 N–H and O–H groups in total. The predicted octanol–water partition coefficient (Wildman–Crippen LogP) is 2.34. The Balaban J connectivity index is 3.00. The SMILES string of the molecule is C=C[C@]1(C)C(=O)C=CC[C@H]1C. The van der Waals surface area contributed by atoms with E-state index in [1.807, 2.05) is 13.0 Å². The number of ketones is 1. The van der Waals surface area contributed by atoms with Crippen LogP contribution in [0.25, 0.3) is 0 Å². The van der Waals surface area contributed by atoms with Crippen molar-refractivity contribution in [2.75, 3.05) is 0 Å². The molecule has 1 rings (SSSR count). The van der Waals surface area contributed by atoms with Crippen LogP contribution in [0.4, 0.5) is 0 Å². The smallest absolute Gasteiger partial charge is 0.165 e. The van der Waals surface area contributed by atoms with E-state index >= 15 is 0 Å². The lowest BCUT2D eigenvalue weighted by molar-refractivity contribution is -0.123. The van der Waals surface area contributed by atoms with E-state index in [1.165, 1.54) is 0 Å². The summed E-state index contributed by atoms with van der Waals surface area (Å²) in [5.74, 6) is 0.573. The molecule has 2 atom stereocenters. The highest BCUT2D eigenvalue weighted by Crippen LogP contribution is 2.35. The minimum absolute atomic E-state index is 0.186. The summed E-state index contributed by atoms with van der Waals surface area (Å²) in [5.41, 5.74) is -0.325. The molecule has 0 saturated heterocycles.